The predicted molar refractivity (Wildman–Crippen MR) is 67.0 cm³/mol. The summed E-state index contributed by atoms with van der Waals surface area (Å²) in [5, 5.41) is 9.39. The molecule has 92 valence electrons. The number of aromatic hydroxyl groups is 1. The molecule has 0 aliphatic carbocycles. The number of phenolic OH excluding ortho intramolecular Hbond substituents is 1. The zero-order valence-corrected chi connectivity index (χ0v) is 10.2. The third-order valence-corrected chi connectivity index (χ3v) is 3.48. The fourth-order valence-electron chi connectivity index (χ4n) is 2.40. The molecule has 3 nitrogen and oxygen atoms in total. The molecule has 1 N–H and O–H groups in total. The Balaban J connectivity index is 2.09. The van der Waals surface area contributed by atoms with Crippen LogP contribution in [0.5, 0.6) is 5.75 Å². The minimum absolute atomic E-state index is 0.0408. The molecular formula is C14H19NO2. The van der Waals surface area contributed by atoms with Gasteiger partial charge in [0.25, 0.3) is 5.91 Å². The minimum atomic E-state index is 0.0408. The second kappa shape index (κ2) is 5.21. The molecule has 1 atom stereocenters. The summed E-state index contributed by atoms with van der Waals surface area (Å²) in [6.07, 6.45) is 3.44. The monoisotopic (exact) mass is 233 g/mol. The van der Waals surface area contributed by atoms with E-state index in [0.29, 0.717) is 11.5 Å². The van der Waals surface area contributed by atoms with Crippen molar-refractivity contribution in [3.63, 3.8) is 0 Å². The van der Waals surface area contributed by atoms with Crippen LogP contribution in [0.4, 0.5) is 0 Å². The van der Waals surface area contributed by atoms with Gasteiger partial charge >= 0.3 is 0 Å². The van der Waals surface area contributed by atoms with Gasteiger partial charge in [-0.15, -0.1) is 0 Å². The lowest BCUT2D eigenvalue weighted by Crippen LogP contribution is -2.39. The van der Waals surface area contributed by atoms with E-state index < -0.39 is 0 Å². The van der Waals surface area contributed by atoms with Gasteiger partial charge in [-0.05, 0) is 37.0 Å². The Bertz CT molecular complexity index is 403. The molecule has 1 amide bonds. The zero-order valence-electron chi connectivity index (χ0n) is 10.2. The Morgan fingerprint density at radius 1 is 1.53 bits per heavy atom. The number of likely N-dealkylation sites (tertiary alicyclic amines) is 1. The Morgan fingerprint density at radius 3 is 3.06 bits per heavy atom. The second-order valence-corrected chi connectivity index (χ2v) is 4.72. The van der Waals surface area contributed by atoms with Crippen molar-refractivity contribution in [2.45, 2.75) is 26.2 Å². The highest BCUT2D eigenvalue weighted by Crippen LogP contribution is 2.21. The standard InChI is InChI=1S/C14H19NO2/c1-2-11-5-4-8-15(10-11)14(17)12-6-3-7-13(16)9-12/h3,6-7,9,11,16H,2,4-5,8,10H2,1H3. The minimum Gasteiger partial charge on any atom is -0.508 e. The van der Waals surface area contributed by atoms with E-state index in [9.17, 15) is 9.90 Å². The van der Waals surface area contributed by atoms with Crippen LogP contribution in [0.1, 0.15) is 36.5 Å². The van der Waals surface area contributed by atoms with E-state index >= 15 is 0 Å². The molecule has 1 aliphatic heterocycles. The first kappa shape index (κ1) is 12.0. The van der Waals surface area contributed by atoms with E-state index in [-0.39, 0.29) is 11.7 Å². The Hall–Kier alpha value is -1.51. The summed E-state index contributed by atoms with van der Waals surface area (Å²) in [5.41, 5.74) is 0.585. The molecule has 1 aromatic carbocycles. The van der Waals surface area contributed by atoms with E-state index in [1.807, 2.05) is 4.90 Å². The van der Waals surface area contributed by atoms with Gasteiger partial charge in [-0.3, -0.25) is 4.79 Å². The summed E-state index contributed by atoms with van der Waals surface area (Å²) in [5.74, 6) is 0.823. The van der Waals surface area contributed by atoms with Crippen molar-refractivity contribution in [3.05, 3.63) is 29.8 Å². The van der Waals surface area contributed by atoms with Crippen LogP contribution in [0.15, 0.2) is 24.3 Å². The first-order valence-electron chi connectivity index (χ1n) is 6.29. The highest BCUT2D eigenvalue weighted by molar-refractivity contribution is 5.94. The molecule has 1 aromatic rings. The number of carbonyl (C=O) groups is 1. The molecule has 1 saturated heterocycles. The summed E-state index contributed by atoms with van der Waals surface area (Å²) in [4.78, 5) is 14.1. The Labute approximate surface area is 102 Å². The highest BCUT2D eigenvalue weighted by atomic mass is 16.3. The summed E-state index contributed by atoms with van der Waals surface area (Å²) in [6, 6.07) is 6.60. The number of amides is 1. The molecule has 0 bridgehead atoms. The van der Waals surface area contributed by atoms with Gasteiger partial charge in [-0.1, -0.05) is 19.4 Å². The van der Waals surface area contributed by atoms with Crippen molar-refractivity contribution >= 4 is 5.91 Å². The first-order valence-corrected chi connectivity index (χ1v) is 6.29. The maximum absolute atomic E-state index is 12.2. The maximum Gasteiger partial charge on any atom is 0.253 e. The third kappa shape index (κ3) is 2.78. The molecule has 1 fully saturated rings. The number of rotatable bonds is 2. The average molecular weight is 233 g/mol. The first-order chi connectivity index (χ1) is 8.20. The molecule has 2 rings (SSSR count). The molecule has 0 saturated carbocycles. The lowest BCUT2D eigenvalue weighted by atomic mass is 9.95. The fourth-order valence-corrected chi connectivity index (χ4v) is 2.40. The summed E-state index contributed by atoms with van der Waals surface area (Å²) in [7, 11) is 0. The van der Waals surface area contributed by atoms with Gasteiger partial charge in [-0.25, -0.2) is 0 Å². The smallest absolute Gasteiger partial charge is 0.253 e. The van der Waals surface area contributed by atoms with E-state index in [4.69, 9.17) is 0 Å². The molecular weight excluding hydrogens is 214 g/mol. The van der Waals surface area contributed by atoms with Crippen LogP contribution >= 0.6 is 0 Å². The number of carbonyl (C=O) groups excluding carboxylic acids is 1. The zero-order chi connectivity index (χ0) is 12.3. The number of piperidine rings is 1. The molecule has 0 aromatic heterocycles. The van der Waals surface area contributed by atoms with Crippen molar-refractivity contribution in [2.75, 3.05) is 13.1 Å². The van der Waals surface area contributed by atoms with Gasteiger partial charge in [0, 0.05) is 18.7 Å². The number of nitrogens with zero attached hydrogens (tertiary/aromatic N) is 1. The molecule has 1 aliphatic rings. The fraction of sp³-hybridized carbons (Fsp3) is 0.500. The van der Waals surface area contributed by atoms with Crippen LogP contribution in [0.3, 0.4) is 0 Å². The van der Waals surface area contributed by atoms with Crippen LogP contribution < -0.4 is 0 Å². The maximum atomic E-state index is 12.2. The molecule has 1 heterocycles. The summed E-state index contributed by atoms with van der Waals surface area (Å²) < 4.78 is 0. The van der Waals surface area contributed by atoms with Gasteiger partial charge in [0.15, 0.2) is 0 Å². The summed E-state index contributed by atoms with van der Waals surface area (Å²) >= 11 is 0. The van der Waals surface area contributed by atoms with E-state index in [0.717, 1.165) is 25.9 Å². The van der Waals surface area contributed by atoms with Crippen molar-refractivity contribution in [3.8, 4) is 5.75 Å². The van der Waals surface area contributed by atoms with Gasteiger partial charge in [0.1, 0.15) is 5.75 Å². The lowest BCUT2D eigenvalue weighted by molar-refractivity contribution is 0.0671. The molecule has 17 heavy (non-hydrogen) atoms. The summed E-state index contributed by atoms with van der Waals surface area (Å²) in [6.45, 7) is 3.86. The van der Waals surface area contributed by atoms with E-state index in [1.165, 1.54) is 12.5 Å². The van der Waals surface area contributed by atoms with Gasteiger partial charge in [0.2, 0.25) is 0 Å². The van der Waals surface area contributed by atoms with Gasteiger partial charge in [0.05, 0.1) is 0 Å². The van der Waals surface area contributed by atoms with Crippen molar-refractivity contribution in [1.82, 2.24) is 4.90 Å². The SMILES string of the molecule is CCC1CCCN(C(=O)c2cccc(O)c2)C1. The Kier molecular flexibility index (Phi) is 3.67. The second-order valence-electron chi connectivity index (χ2n) is 4.72. The lowest BCUT2D eigenvalue weighted by Gasteiger charge is -2.32. The van der Waals surface area contributed by atoms with Crippen LogP contribution in [0.25, 0.3) is 0 Å². The molecule has 1 unspecified atom stereocenters. The van der Waals surface area contributed by atoms with Crippen LogP contribution in [0, 0.1) is 5.92 Å². The Morgan fingerprint density at radius 2 is 2.35 bits per heavy atom. The van der Waals surface area contributed by atoms with Crippen LogP contribution in [-0.4, -0.2) is 29.0 Å². The van der Waals surface area contributed by atoms with Crippen molar-refractivity contribution in [1.29, 1.82) is 0 Å². The number of hydrogen-bond donors (Lipinski definition) is 1. The molecule has 3 heteroatoms. The topological polar surface area (TPSA) is 40.5 Å². The molecule has 0 spiro atoms. The normalized spacial score (nSPS) is 20.3. The number of hydrogen-bond acceptors (Lipinski definition) is 2. The largest absolute Gasteiger partial charge is 0.508 e. The number of benzene rings is 1. The number of phenols is 1. The van der Waals surface area contributed by atoms with Crippen LogP contribution in [0.2, 0.25) is 0 Å². The quantitative estimate of drug-likeness (QED) is 0.853. The van der Waals surface area contributed by atoms with Gasteiger partial charge in [-0.2, -0.15) is 0 Å². The molecule has 0 radical (unpaired) electrons. The van der Waals surface area contributed by atoms with Crippen molar-refractivity contribution < 1.29 is 9.90 Å². The van der Waals surface area contributed by atoms with E-state index in [1.54, 1.807) is 18.2 Å². The predicted octanol–water partition coefficient (Wildman–Crippen LogP) is 2.65. The van der Waals surface area contributed by atoms with Crippen LogP contribution in [-0.2, 0) is 0 Å². The average Bonchev–Trinajstić information content (AvgIpc) is 2.38. The highest BCUT2D eigenvalue weighted by Gasteiger charge is 2.23. The van der Waals surface area contributed by atoms with E-state index in [2.05, 4.69) is 6.92 Å². The van der Waals surface area contributed by atoms with Crippen molar-refractivity contribution in [2.24, 2.45) is 5.92 Å². The third-order valence-electron chi connectivity index (χ3n) is 3.48. The van der Waals surface area contributed by atoms with Gasteiger partial charge < -0.3 is 10.0 Å².